The Morgan fingerprint density at radius 1 is 1.25 bits per heavy atom. The van der Waals surface area contributed by atoms with Crippen molar-refractivity contribution in [3.8, 4) is 0 Å². The number of aryl methyl sites for hydroxylation is 1. The van der Waals surface area contributed by atoms with E-state index in [1.165, 1.54) is 17.2 Å². The lowest BCUT2D eigenvalue weighted by atomic mass is 10.1. The van der Waals surface area contributed by atoms with Gasteiger partial charge in [-0.25, -0.2) is 0 Å². The summed E-state index contributed by atoms with van der Waals surface area (Å²) in [5, 5.41) is 0. The van der Waals surface area contributed by atoms with Crippen molar-refractivity contribution in [2.75, 3.05) is 0 Å². The molecule has 0 bridgehead atoms. The summed E-state index contributed by atoms with van der Waals surface area (Å²) in [6.07, 6.45) is 5.02. The number of carbonyl (C=O) groups is 1. The molecule has 1 aromatic rings. The van der Waals surface area contributed by atoms with Crippen LogP contribution < -0.4 is 0 Å². The maximum absolute atomic E-state index is 9.96. The molecule has 1 heteroatoms. The van der Waals surface area contributed by atoms with Crippen LogP contribution in [0.1, 0.15) is 11.1 Å². The summed E-state index contributed by atoms with van der Waals surface area (Å²) in [6.45, 7) is 2.06. The van der Waals surface area contributed by atoms with Gasteiger partial charge >= 0.3 is 0 Å². The molecule has 0 unspecified atom stereocenters. The molecule has 12 heavy (non-hydrogen) atoms. The van der Waals surface area contributed by atoms with Gasteiger partial charge in [0.25, 0.3) is 0 Å². The van der Waals surface area contributed by atoms with Crippen LogP contribution in [0.4, 0.5) is 0 Å². The molecule has 1 nitrogen and oxygen atoms in total. The molecular formula is C11H12O. The van der Waals surface area contributed by atoms with Crippen LogP contribution in [-0.4, -0.2) is 6.29 Å². The lowest BCUT2D eigenvalue weighted by Gasteiger charge is -1.95. The third-order valence-electron chi connectivity index (χ3n) is 1.69. The third-order valence-corrected chi connectivity index (χ3v) is 1.69. The number of rotatable bonds is 3. The van der Waals surface area contributed by atoms with Crippen molar-refractivity contribution >= 4 is 6.29 Å². The summed E-state index contributed by atoms with van der Waals surface area (Å²) < 4.78 is 0. The van der Waals surface area contributed by atoms with E-state index in [9.17, 15) is 4.79 Å². The number of allylic oxidation sites excluding steroid dienone is 2. The van der Waals surface area contributed by atoms with Crippen LogP contribution in [0.15, 0.2) is 36.4 Å². The molecule has 0 saturated heterocycles. The second-order valence-electron chi connectivity index (χ2n) is 2.75. The van der Waals surface area contributed by atoms with Crippen molar-refractivity contribution in [3.63, 3.8) is 0 Å². The smallest absolute Gasteiger partial charge is 0.142 e. The summed E-state index contributed by atoms with van der Waals surface area (Å²) in [4.78, 5) is 9.96. The number of aldehydes is 1. The van der Waals surface area contributed by atoms with Gasteiger partial charge in [-0.3, -0.25) is 4.79 Å². The van der Waals surface area contributed by atoms with E-state index in [0.717, 1.165) is 12.7 Å². The number of benzene rings is 1. The molecule has 0 radical (unpaired) electrons. The molecular weight excluding hydrogens is 148 g/mol. The molecule has 0 spiro atoms. The van der Waals surface area contributed by atoms with E-state index >= 15 is 0 Å². The van der Waals surface area contributed by atoms with Gasteiger partial charge in [-0.2, -0.15) is 0 Å². The van der Waals surface area contributed by atoms with Crippen LogP contribution in [0.25, 0.3) is 0 Å². The second-order valence-corrected chi connectivity index (χ2v) is 2.75. The van der Waals surface area contributed by atoms with Crippen molar-refractivity contribution in [2.45, 2.75) is 13.3 Å². The Labute approximate surface area is 72.7 Å². The predicted octanol–water partition coefficient (Wildman–Crippen LogP) is 2.29. The predicted molar refractivity (Wildman–Crippen MR) is 50.1 cm³/mol. The van der Waals surface area contributed by atoms with E-state index in [2.05, 4.69) is 31.2 Å². The highest BCUT2D eigenvalue weighted by atomic mass is 16.1. The Morgan fingerprint density at radius 2 is 1.92 bits per heavy atom. The Kier molecular flexibility index (Phi) is 3.27. The molecule has 0 saturated carbocycles. The van der Waals surface area contributed by atoms with Crippen molar-refractivity contribution < 1.29 is 4.79 Å². The van der Waals surface area contributed by atoms with E-state index in [-0.39, 0.29) is 0 Å². The van der Waals surface area contributed by atoms with Crippen LogP contribution in [0.2, 0.25) is 0 Å². The van der Waals surface area contributed by atoms with Crippen LogP contribution >= 0.6 is 0 Å². The maximum Gasteiger partial charge on any atom is 0.142 e. The number of hydrogen-bond acceptors (Lipinski definition) is 1. The van der Waals surface area contributed by atoms with Crippen molar-refractivity contribution in [2.24, 2.45) is 0 Å². The summed E-state index contributed by atoms with van der Waals surface area (Å²) in [5.41, 5.74) is 2.50. The molecule has 0 fully saturated rings. The highest BCUT2D eigenvalue weighted by Gasteiger charge is 1.87. The molecule has 0 aliphatic heterocycles. The van der Waals surface area contributed by atoms with E-state index in [0.29, 0.717) is 0 Å². The Hall–Kier alpha value is -1.37. The fraction of sp³-hybridized carbons (Fsp3) is 0.182. The maximum atomic E-state index is 9.96. The van der Waals surface area contributed by atoms with Gasteiger partial charge in [0, 0.05) is 0 Å². The van der Waals surface area contributed by atoms with Crippen molar-refractivity contribution in [1.82, 2.24) is 0 Å². The molecule has 0 aliphatic carbocycles. The topological polar surface area (TPSA) is 17.1 Å². The molecule has 0 atom stereocenters. The molecule has 1 rings (SSSR count). The minimum absolute atomic E-state index is 0.800. The van der Waals surface area contributed by atoms with Gasteiger partial charge in [-0.05, 0) is 25.0 Å². The monoisotopic (exact) mass is 160 g/mol. The Balaban J connectivity index is 2.58. The van der Waals surface area contributed by atoms with Crippen LogP contribution in [0.5, 0.6) is 0 Å². The first kappa shape index (κ1) is 8.72. The fourth-order valence-electron chi connectivity index (χ4n) is 0.984. The van der Waals surface area contributed by atoms with Crippen LogP contribution in [0.3, 0.4) is 0 Å². The molecule has 0 aromatic heterocycles. The zero-order chi connectivity index (χ0) is 8.81. The fourth-order valence-corrected chi connectivity index (χ4v) is 0.984. The van der Waals surface area contributed by atoms with Crippen molar-refractivity contribution in [3.05, 3.63) is 47.5 Å². The van der Waals surface area contributed by atoms with Gasteiger partial charge < -0.3 is 0 Å². The van der Waals surface area contributed by atoms with Gasteiger partial charge in [-0.1, -0.05) is 35.9 Å². The Bertz CT molecular complexity index is 270. The number of hydrogen-bond donors (Lipinski definition) is 0. The molecule has 62 valence electrons. The molecule has 0 N–H and O–H groups in total. The molecule has 1 aromatic carbocycles. The van der Waals surface area contributed by atoms with Crippen LogP contribution in [-0.2, 0) is 11.2 Å². The minimum atomic E-state index is 0.800. The lowest BCUT2D eigenvalue weighted by Crippen LogP contribution is -1.80. The molecule has 0 heterocycles. The zero-order valence-electron chi connectivity index (χ0n) is 7.16. The van der Waals surface area contributed by atoms with Gasteiger partial charge in [0.2, 0.25) is 0 Å². The standard InChI is InChI=1S/C11H12O/c1-10-5-7-11(8-6-10)4-2-3-9-12/h2-3,5-9H,4H2,1H3/b3-2+. The first-order valence-corrected chi connectivity index (χ1v) is 3.99. The van der Waals surface area contributed by atoms with Crippen molar-refractivity contribution in [1.29, 1.82) is 0 Å². The van der Waals surface area contributed by atoms with E-state index in [1.807, 2.05) is 6.08 Å². The van der Waals surface area contributed by atoms with Gasteiger partial charge in [-0.15, -0.1) is 0 Å². The quantitative estimate of drug-likeness (QED) is 0.489. The summed E-state index contributed by atoms with van der Waals surface area (Å²) in [6, 6.07) is 8.29. The first-order valence-electron chi connectivity index (χ1n) is 3.99. The molecule has 0 amide bonds. The van der Waals surface area contributed by atoms with Gasteiger partial charge in [0.1, 0.15) is 6.29 Å². The van der Waals surface area contributed by atoms with Gasteiger partial charge in [0.15, 0.2) is 0 Å². The first-order chi connectivity index (χ1) is 5.83. The minimum Gasteiger partial charge on any atom is -0.299 e. The summed E-state index contributed by atoms with van der Waals surface area (Å²) in [7, 11) is 0. The highest BCUT2D eigenvalue weighted by molar-refractivity contribution is 5.64. The largest absolute Gasteiger partial charge is 0.299 e. The average molecular weight is 160 g/mol. The lowest BCUT2D eigenvalue weighted by molar-refractivity contribution is -0.104. The SMILES string of the molecule is Cc1ccc(C/C=C/C=O)cc1. The third kappa shape index (κ3) is 2.70. The second kappa shape index (κ2) is 4.50. The van der Waals surface area contributed by atoms with E-state index in [4.69, 9.17) is 0 Å². The highest BCUT2D eigenvalue weighted by Crippen LogP contribution is 2.03. The zero-order valence-corrected chi connectivity index (χ0v) is 7.16. The van der Waals surface area contributed by atoms with Crippen LogP contribution in [0, 0.1) is 6.92 Å². The Morgan fingerprint density at radius 3 is 2.50 bits per heavy atom. The van der Waals surface area contributed by atoms with E-state index < -0.39 is 0 Å². The molecule has 0 aliphatic rings. The summed E-state index contributed by atoms with van der Waals surface area (Å²) >= 11 is 0. The normalized spacial score (nSPS) is 10.4. The average Bonchev–Trinajstić information content (AvgIpc) is 2.09. The van der Waals surface area contributed by atoms with Gasteiger partial charge in [0.05, 0.1) is 0 Å². The summed E-state index contributed by atoms with van der Waals surface area (Å²) in [5.74, 6) is 0. The number of carbonyl (C=O) groups excluding carboxylic acids is 1. The van der Waals surface area contributed by atoms with E-state index in [1.54, 1.807) is 0 Å².